The van der Waals surface area contributed by atoms with Crippen LogP contribution in [0.15, 0.2) is 66.7 Å². The Morgan fingerprint density at radius 3 is 2.33 bits per heavy atom. The molecule has 2 heterocycles. The highest BCUT2D eigenvalue weighted by Crippen LogP contribution is 2.31. The number of likely N-dealkylation sites (tertiary alicyclic amines) is 1. The van der Waals surface area contributed by atoms with E-state index in [1.807, 2.05) is 47.4 Å². The van der Waals surface area contributed by atoms with Crippen LogP contribution in [0.1, 0.15) is 53.2 Å². The third kappa shape index (κ3) is 5.38. The fourth-order valence-electron chi connectivity index (χ4n) is 5.19. The van der Waals surface area contributed by atoms with Crippen molar-refractivity contribution in [2.24, 2.45) is 0 Å². The molecule has 2 aliphatic heterocycles. The fraction of sp³-hybridized carbons (Fsp3) is 0.333. The van der Waals surface area contributed by atoms with Gasteiger partial charge in [0.15, 0.2) is 0 Å². The zero-order valence-electron chi connectivity index (χ0n) is 20.9. The van der Waals surface area contributed by atoms with Crippen molar-refractivity contribution in [1.82, 2.24) is 4.90 Å². The van der Waals surface area contributed by atoms with Gasteiger partial charge in [0, 0.05) is 43.2 Å². The van der Waals surface area contributed by atoms with Crippen LogP contribution in [0.3, 0.4) is 0 Å². The van der Waals surface area contributed by atoms with Gasteiger partial charge in [-0.2, -0.15) is 0 Å². The molecule has 6 heteroatoms. The van der Waals surface area contributed by atoms with Crippen LogP contribution in [0.4, 0.5) is 21.9 Å². The Hall–Kier alpha value is -3.80. The lowest BCUT2D eigenvalue weighted by Gasteiger charge is -2.34. The molecule has 36 heavy (non-hydrogen) atoms. The summed E-state index contributed by atoms with van der Waals surface area (Å²) in [6.07, 6.45) is 5.10. The molecule has 1 saturated heterocycles. The zero-order valence-corrected chi connectivity index (χ0v) is 20.9. The van der Waals surface area contributed by atoms with E-state index in [2.05, 4.69) is 46.7 Å². The first kappa shape index (κ1) is 23.9. The first-order chi connectivity index (χ1) is 17.6. The van der Waals surface area contributed by atoms with Gasteiger partial charge in [-0.3, -0.25) is 4.79 Å². The number of benzene rings is 3. The molecule has 1 fully saturated rings. The molecule has 2 aliphatic rings. The highest BCUT2D eigenvalue weighted by Gasteiger charge is 2.25. The summed E-state index contributed by atoms with van der Waals surface area (Å²) in [5.41, 5.74) is 6.79. The summed E-state index contributed by atoms with van der Waals surface area (Å²) in [4.78, 5) is 30.7. The molecule has 0 saturated carbocycles. The first-order valence-corrected chi connectivity index (χ1v) is 13.0. The maximum absolute atomic E-state index is 13.7. The Labute approximate surface area is 213 Å². The number of amides is 3. The van der Waals surface area contributed by atoms with Gasteiger partial charge in [0.1, 0.15) is 0 Å². The number of hydrogen-bond donors (Lipinski definition) is 2. The summed E-state index contributed by atoms with van der Waals surface area (Å²) in [5, 5.41) is 5.84. The number of urea groups is 1. The van der Waals surface area contributed by atoms with E-state index in [9.17, 15) is 9.59 Å². The van der Waals surface area contributed by atoms with E-state index in [0.29, 0.717) is 11.3 Å². The zero-order chi connectivity index (χ0) is 24.9. The van der Waals surface area contributed by atoms with Gasteiger partial charge in [0.05, 0.1) is 5.56 Å². The van der Waals surface area contributed by atoms with Crippen molar-refractivity contribution < 1.29 is 9.59 Å². The van der Waals surface area contributed by atoms with E-state index in [0.717, 1.165) is 68.8 Å². The summed E-state index contributed by atoms with van der Waals surface area (Å²) in [6, 6.07) is 21.7. The topological polar surface area (TPSA) is 64.7 Å². The summed E-state index contributed by atoms with van der Waals surface area (Å²) < 4.78 is 0. The Balaban J connectivity index is 1.39. The van der Waals surface area contributed by atoms with Crippen LogP contribution in [0, 0.1) is 0 Å². The molecule has 5 rings (SSSR count). The monoisotopic (exact) mass is 482 g/mol. The van der Waals surface area contributed by atoms with Gasteiger partial charge < -0.3 is 20.4 Å². The standard InChI is InChI=1S/C30H34N4O2/c1-2-22-9-8-12-25(19-22)31-30(36)32-26-13-14-28(27(20-26)29(35)33-16-6-3-7-17-33)34-18-15-23-10-4-5-11-24(23)21-34/h4-5,8-14,19-20H,2-3,6-7,15-18,21H2,1H3,(H2,31,32,36). The number of carbonyl (C=O) groups is 2. The molecule has 3 aromatic carbocycles. The lowest BCUT2D eigenvalue weighted by atomic mass is 9.98. The average Bonchev–Trinajstić information content (AvgIpc) is 2.93. The van der Waals surface area contributed by atoms with Crippen LogP contribution >= 0.6 is 0 Å². The second-order valence-corrected chi connectivity index (χ2v) is 9.66. The quantitative estimate of drug-likeness (QED) is 0.463. The van der Waals surface area contributed by atoms with Gasteiger partial charge in [-0.05, 0) is 79.1 Å². The summed E-state index contributed by atoms with van der Waals surface area (Å²) >= 11 is 0. The largest absolute Gasteiger partial charge is 0.366 e. The van der Waals surface area contributed by atoms with Crippen LogP contribution in [-0.2, 0) is 19.4 Å². The van der Waals surface area contributed by atoms with E-state index < -0.39 is 0 Å². The van der Waals surface area contributed by atoms with Crippen molar-refractivity contribution in [3.63, 3.8) is 0 Å². The van der Waals surface area contributed by atoms with Crippen molar-refractivity contribution in [3.8, 4) is 0 Å². The lowest BCUT2D eigenvalue weighted by molar-refractivity contribution is 0.0725. The molecule has 0 aliphatic carbocycles. The number of rotatable bonds is 5. The van der Waals surface area contributed by atoms with Crippen molar-refractivity contribution >= 4 is 29.0 Å². The number of hydrogen-bond acceptors (Lipinski definition) is 3. The Morgan fingerprint density at radius 1 is 0.806 bits per heavy atom. The Bertz CT molecular complexity index is 1250. The van der Waals surface area contributed by atoms with E-state index in [1.165, 1.54) is 17.5 Å². The lowest BCUT2D eigenvalue weighted by Crippen LogP contribution is -2.38. The number of nitrogens with one attached hydrogen (secondary N) is 2. The van der Waals surface area contributed by atoms with E-state index >= 15 is 0 Å². The molecule has 0 bridgehead atoms. The van der Waals surface area contributed by atoms with Crippen LogP contribution in [0.2, 0.25) is 0 Å². The smallest absolute Gasteiger partial charge is 0.323 e. The molecule has 0 spiro atoms. The highest BCUT2D eigenvalue weighted by atomic mass is 16.2. The Kier molecular flexibility index (Phi) is 7.21. The van der Waals surface area contributed by atoms with E-state index in [-0.39, 0.29) is 11.9 Å². The minimum atomic E-state index is -0.320. The van der Waals surface area contributed by atoms with Crippen molar-refractivity contribution in [1.29, 1.82) is 0 Å². The van der Waals surface area contributed by atoms with Gasteiger partial charge in [0.25, 0.3) is 5.91 Å². The average molecular weight is 483 g/mol. The number of fused-ring (bicyclic) bond motifs is 1. The molecular weight excluding hydrogens is 448 g/mol. The maximum atomic E-state index is 13.7. The predicted octanol–water partition coefficient (Wildman–Crippen LogP) is 6.08. The van der Waals surface area contributed by atoms with Crippen molar-refractivity contribution in [2.75, 3.05) is 35.2 Å². The molecule has 0 aromatic heterocycles. The molecule has 3 amide bonds. The van der Waals surface area contributed by atoms with Crippen molar-refractivity contribution in [2.45, 2.75) is 45.6 Å². The van der Waals surface area contributed by atoms with Gasteiger partial charge >= 0.3 is 6.03 Å². The molecule has 3 aromatic rings. The Morgan fingerprint density at radius 2 is 1.56 bits per heavy atom. The van der Waals surface area contributed by atoms with Crippen LogP contribution in [0.25, 0.3) is 0 Å². The minimum Gasteiger partial charge on any atom is -0.366 e. The van der Waals surface area contributed by atoms with E-state index in [1.54, 1.807) is 0 Å². The van der Waals surface area contributed by atoms with Crippen LogP contribution in [0.5, 0.6) is 0 Å². The van der Waals surface area contributed by atoms with Crippen LogP contribution in [-0.4, -0.2) is 36.5 Å². The normalized spacial score (nSPS) is 15.2. The fourth-order valence-corrected chi connectivity index (χ4v) is 5.19. The second-order valence-electron chi connectivity index (χ2n) is 9.66. The predicted molar refractivity (Wildman–Crippen MR) is 146 cm³/mol. The van der Waals surface area contributed by atoms with E-state index in [4.69, 9.17) is 0 Å². The molecule has 6 nitrogen and oxygen atoms in total. The number of nitrogens with zero attached hydrogens (tertiary/aromatic N) is 2. The first-order valence-electron chi connectivity index (χ1n) is 13.0. The molecule has 0 radical (unpaired) electrons. The third-order valence-electron chi connectivity index (χ3n) is 7.19. The van der Waals surface area contributed by atoms with Crippen LogP contribution < -0.4 is 15.5 Å². The molecule has 0 unspecified atom stereocenters. The van der Waals surface area contributed by atoms with Gasteiger partial charge in [-0.1, -0.05) is 43.3 Å². The van der Waals surface area contributed by atoms with Crippen molar-refractivity contribution in [3.05, 3.63) is 89.0 Å². The number of anilines is 3. The summed E-state index contributed by atoms with van der Waals surface area (Å²) in [5.74, 6) is 0.0447. The number of carbonyl (C=O) groups excluding carboxylic acids is 2. The van der Waals surface area contributed by atoms with Gasteiger partial charge in [0.2, 0.25) is 0 Å². The number of piperidine rings is 1. The molecule has 0 atom stereocenters. The van der Waals surface area contributed by atoms with Gasteiger partial charge in [-0.15, -0.1) is 0 Å². The summed E-state index contributed by atoms with van der Waals surface area (Å²) in [6.45, 7) is 5.29. The number of aryl methyl sites for hydroxylation is 1. The maximum Gasteiger partial charge on any atom is 0.323 e. The summed E-state index contributed by atoms with van der Waals surface area (Å²) in [7, 11) is 0. The second kappa shape index (κ2) is 10.9. The third-order valence-corrected chi connectivity index (χ3v) is 7.19. The highest BCUT2D eigenvalue weighted by molar-refractivity contribution is 6.04. The SMILES string of the molecule is CCc1cccc(NC(=O)Nc2ccc(N3CCc4ccccc4C3)c(C(=O)N3CCCCC3)c2)c1. The molecule has 186 valence electrons. The minimum absolute atomic E-state index is 0.0447. The molecule has 2 N–H and O–H groups in total. The molecular formula is C30H34N4O2. The van der Waals surface area contributed by atoms with Gasteiger partial charge in [-0.25, -0.2) is 4.79 Å².